The molecule has 0 radical (unpaired) electrons. The summed E-state index contributed by atoms with van der Waals surface area (Å²) in [6, 6.07) is 5.31. The maximum absolute atomic E-state index is 12.5. The lowest BCUT2D eigenvalue weighted by atomic mass is 10.2. The molecule has 1 N–H and O–H groups in total. The van der Waals surface area contributed by atoms with Gasteiger partial charge in [0, 0.05) is 24.1 Å². The molecule has 1 atom stereocenters. The average Bonchev–Trinajstić information content (AvgIpc) is 2.80. The summed E-state index contributed by atoms with van der Waals surface area (Å²) in [5.41, 5.74) is 0.766. The van der Waals surface area contributed by atoms with Crippen LogP contribution >= 0.6 is 15.9 Å². The van der Waals surface area contributed by atoms with Gasteiger partial charge in [-0.15, -0.1) is 0 Å². The minimum atomic E-state index is -3.40. The fourth-order valence-electron chi connectivity index (χ4n) is 2.20. The summed E-state index contributed by atoms with van der Waals surface area (Å²) >= 11 is 3.35. The molecule has 1 saturated heterocycles. The highest BCUT2D eigenvalue weighted by molar-refractivity contribution is 9.10. The van der Waals surface area contributed by atoms with Gasteiger partial charge in [-0.3, -0.25) is 0 Å². The number of benzene rings is 1. The lowest BCUT2D eigenvalue weighted by Crippen LogP contribution is -2.38. The average molecular weight is 333 g/mol. The Hall–Kier alpha value is -0.430. The third-order valence-electron chi connectivity index (χ3n) is 3.34. The van der Waals surface area contributed by atoms with Gasteiger partial charge in [0.15, 0.2) is 0 Å². The molecule has 4 nitrogen and oxygen atoms in total. The molecular weight excluding hydrogens is 316 g/mol. The van der Waals surface area contributed by atoms with E-state index in [1.165, 1.54) is 4.31 Å². The first kappa shape index (κ1) is 14.0. The smallest absolute Gasteiger partial charge is 0.243 e. The Morgan fingerprint density at radius 3 is 2.72 bits per heavy atom. The Bertz CT molecular complexity index is 539. The van der Waals surface area contributed by atoms with Crippen molar-refractivity contribution < 1.29 is 8.42 Å². The number of hydrogen-bond donors (Lipinski definition) is 1. The molecule has 0 saturated carbocycles. The summed E-state index contributed by atoms with van der Waals surface area (Å²) in [6.45, 7) is 3.42. The van der Waals surface area contributed by atoms with Crippen LogP contribution in [-0.2, 0) is 10.0 Å². The molecule has 1 aliphatic rings. The van der Waals surface area contributed by atoms with E-state index in [1.54, 1.807) is 19.2 Å². The fraction of sp³-hybridized carbons (Fsp3) is 0.500. The Kier molecular flexibility index (Phi) is 4.11. The zero-order chi connectivity index (χ0) is 13.3. The monoisotopic (exact) mass is 332 g/mol. The van der Waals surface area contributed by atoms with Crippen molar-refractivity contribution in [2.24, 2.45) is 0 Å². The van der Waals surface area contributed by atoms with Crippen molar-refractivity contribution in [3.63, 3.8) is 0 Å². The third kappa shape index (κ3) is 2.61. The highest BCUT2D eigenvalue weighted by Gasteiger charge is 2.30. The molecule has 100 valence electrons. The minimum absolute atomic E-state index is 0.0537. The molecule has 0 bridgehead atoms. The van der Waals surface area contributed by atoms with Crippen LogP contribution in [0.25, 0.3) is 0 Å². The van der Waals surface area contributed by atoms with Crippen LogP contribution in [0.2, 0.25) is 0 Å². The molecule has 0 amide bonds. The molecule has 1 unspecified atom stereocenters. The van der Waals surface area contributed by atoms with E-state index < -0.39 is 10.0 Å². The largest absolute Gasteiger partial charge is 0.315 e. The van der Waals surface area contributed by atoms with Gasteiger partial charge in [0.1, 0.15) is 0 Å². The molecule has 6 heteroatoms. The van der Waals surface area contributed by atoms with Crippen LogP contribution < -0.4 is 5.32 Å². The number of sulfonamides is 1. The summed E-state index contributed by atoms with van der Waals surface area (Å²) < 4.78 is 27.5. The van der Waals surface area contributed by atoms with E-state index in [1.807, 2.05) is 13.0 Å². The second kappa shape index (κ2) is 5.28. The normalized spacial score (nSPS) is 20.6. The Labute approximate surface area is 117 Å². The molecule has 0 aromatic heterocycles. The van der Waals surface area contributed by atoms with Gasteiger partial charge < -0.3 is 5.32 Å². The van der Waals surface area contributed by atoms with Crippen LogP contribution in [-0.4, -0.2) is 38.9 Å². The van der Waals surface area contributed by atoms with Gasteiger partial charge >= 0.3 is 0 Å². The minimum Gasteiger partial charge on any atom is -0.315 e. The number of nitrogens with zero attached hydrogens (tertiary/aromatic N) is 1. The number of nitrogens with one attached hydrogen (secondary N) is 1. The molecular formula is C12H17BrN2O2S. The fourth-order valence-corrected chi connectivity index (χ4v) is 4.27. The molecule has 1 aromatic carbocycles. The lowest BCUT2D eigenvalue weighted by molar-refractivity contribution is 0.387. The van der Waals surface area contributed by atoms with E-state index in [-0.39, 0.29) is 6.04 Å². The Morgan fingerprint density at radius 2 is 2.17 bits per heavy atom. The molecule has 1 fully saturated rings. The highest BCUT2D eigenvalue weighted by atomic mass is 79.9. The van der Waals surface area contributed by atoms with Gasteiger partial charge in [0.25, 0.3) is 0 Å². The van der Waals surface area contributed by atoms with Gasteiger partial charge in [-0.25, -0.2) is 8.42 Å². The number of hydrogen-bond acceptors (Lipinski definition) is 3. The molecule has 2 rings (SSSR count). The van der Waals surface area contributed by atoms with Crippen molar-refractivity contribution in [2.75, 3.05) is 20.1 Å². The van der Waals surface area contributed by atoms with Crippen molar-refractivity contribution in [3.05, 3.63) is 28.2 Å². The molecule has 18 heavy (non-hydrogen) atoms. The summed E-state index contributed by atoms with van der Waals surface area (Å²) in [6.07, 6.45) is 0.866. The summed E-state index contributed by atoms with van der Waals surface area (Å²) in [5.74, 6) is 0. The first-order chi connectivity index (χ1) is 8.43. The van der Waals surface area contributed by atoms with Gasteiger partial charge in [0.2, 0.25) is 10.0 Å². The molecule has 0 spiro atoms. The Balaban J connectivity index is 2.35. The van der Waals surface area contributed by atoms with Gasteiger partial charge in [-0.1, -0.05) is 15.9 Å². The van der Waals surface area contributed by atoms with Gasteiger partial charge in [-0.05, 0) is 43.7 Å². The van der Waals surface area contributed by atoms with E-state index in [0.717, 1.165) is 29.5 Å². The molecule has 1 aliphatic heterocycles. The number of aryl methyl sites for hydroxylation is 1. The first-order valence-electron chi connectivity index (χ1n) is 5.88. The quantitative estimate of drug-likeness (QED) is 0.917. The molecule has 0 aliphatic carbocycles. The molecule has 1 heterocycles. The van der Waals surface area contributed by atoms with Crippen molar-refractivity contribution in [1.82, 2.24) is 9.62 Å². The summed E-state index contributed by atoms with van der Waals surface area (Å²) in [7, 11) is -1.74. The Morgan fingerprint density at radius 1 is 1.44 bits per heavy atom. The van der Waals surface area contributed by atoms with Crippen LogP contribution in [0, 0.1) is 6.92 Å². The van der Waals surface area contributed by atoms with Crippen LogP contribution in [0.3, 0.4) is 0 Å². The van der Waals surface area contributed by atoms with E-state index in [4.69, 9.17) is 0 Å². The van der Waals surface area contributed by atoms with E-state index in [2.05, 4.69) is 21.2 Å². The molecule has 1 aromatic rings. The van der Waals surface area contributed by atoms with Crippen LogP contribution in [0.1, 0.15) is 12.0 Å². The predicted molar refractivity (Wildman–Crippen MR) is 75.1 cm³/mol. The topological polar surface area (TPSA) is 49.4 Å². The SMILES string of the molecule is Cc1cc(Br)ccc1S(=O)(=O)N(C)C1CCNC1. The second-order valence-electron chi connectivity index (χ2n) is 4.58. The van der Waals surface area contributed by atoms with Crippen molar-refractivity contribution in [2.45, 2.75) is 24.3 Å². The maximum Gasteiger partial charge on any atom is 0.243 e. The maximum atomic E-state index is 12.5. The van der Waals surface area contributed by atoms with Crippen molar-refractivity contribution >= 4 is 26.0 Å². The van der Waals surface area contributed by atoms with Crippen LogP contribution in [0.5, 0.6) is 0 Å². The summed E-state index contributed by atoms with van der Waals surface area (Å²) in [4.78, 5) is 0.389. The number of likely N-dealkylation sites (N-methyl/N-ethyl adjacent to an activating group) is 1. The van der Waals surface area contributed by atoms with Crippen molar-refractivity contribution in [1.29, 1.82) is 0 Å². The lowest BCUT2D eigenvalue weighted by Gasteiger charge is -2.24. The van der Waals surface area contributed by atoms with Crippen molar-refractivity contribution in [3.8, 4) is 0 Å². The summed E-state index contributed by atoms with van der Waals surface area (Å²) in [5, 5.41) is 3.19. The highest BCUT2D eigenvalue weighted by Crippen LogP contribution is 2.24. The number of rotatable bonds is 3. The third-order valence-corrected chi connectivity index (χ3v) is 5.91. The van der Waals surface area contributed by atoms with Gasteiger partial charge in [-0.2, -0.15) is 4.31 Å². The number of halogens is 1. The zero-order valence-electron chi connectivity index (χ0n) is 10.5. The van der Waals surface area contributed by atoms with E-state index in [0.29, 0.717) is 4.90 Å². The van der Waals surface area contributed by atoms with Gasteiger partial charge in [0.05, 0.1) is 4.90 Å². The van der Waals surface area contributed by atoms with E-state index >= 15 is 0 Å². The van der Waals surface area contributed by atoms with Crippen LogP contribution in [0.4, 0.5) is 0 Å². The standard InChI is InChI=1S/C12H17BrN2O2S/c1-9-7-10(13)3-4-12(9)18(16,17)15(2)11-5-6-14-8-11/h3-4,7,11,14H,5-6,8H2,1-2H3. The second-order valence-corrected chi connectivity index (χ2v) is 7.46. The zero-order valence-corrected chi connectivity index (χ0v) is 12.9. The predicted octanol–water partition coefficient (Wildman–Crippen LogP) is 1.74. The van der Waals surface area contributed by atoms with E-state index in [9.17, 15) is 8.42 Å². The van der Waals surface area contributed by atoms with Crippen LogP contribution in [0.15, 0.2) is 27.6 Å². The first-order valence-corrected chi connectivity index (χ1v) is 8.11.